The summed E-state index contributed by atoms with van der Waals surface area (Å²) in [5.74, 6) is 0. The van der Waals surface area contributed by atoms with Gasteiger partial charge in [0.15, 0.2) is 0 Å². The first kappa shape index (κ1) is 13.7. The minimum absolute atomic E-state index is 0.165. The molecule has 0 saturated heterocycles. The van der Waals surface area contributed by atoms with Crippen LogP contribution in [0.2, 0.25) is 0 Å². The molecule has 82 valence electrons. The summed E-state index contributed by atoms with van der Waals surface area (Å²) in [5.41, 5.74) is 3.42. The van der Waals surface area contributed by atoms with Crippen molar-refractivity contribution in [2.24, 2.45) is 0 Å². The summed E-state index contributed by atoms with van der Waals surface area (Å²) >= 11 is 0. The largest absolute Gasteiger partial charge is 0.192 e. The number of nitrogens with zero attached hydrogens (tertiary/aromatic N) is 1. The fraction of sp³-hybridized carbons (Fsp3) is 0.500. The van der Waals surface area contributed by atoms with Gasteiger partial charge in [0.2, 0.25) is 0 Å². The van der Waals surface area contributed by atoms with E-state index in [-0.39, 0.29) is 5.41 Å². The van der Waals surface area contributed by atoms with Crippen LogP contribution in [0.25, 0.3) is 0 Å². The number of hydrogen-bond acceptors (Lipinski definition) is 1. The van der Waals surface area contributed by atoms with E-state index in [0.717, 1.165) is 5.56 Å². The van der Waals surface area contributed by atoms with Crippen LogP contribution >= 0.6 is 0 Å². The first-order valence-corrected chi connectivity index (χ1v) is 5.46. The summed E-state index contributed by atoms with van der Waals surface area (Å²) < 4.78 is 0. The first-order valence-electron chi connectivity index (χ1n) is 5.46. The molecule has 0 atom stereocenters. The Morgan fingerprint density at radius 3 is 2.00 bits per heavy atom. The Bertz CT molecular complexity index is 351. The van der Waals surface area contributed by atoms with Crippen LogP contribution in [0.1, 0.15) is 51.3 Å². The third-order valence-electron chi connectivity index (χ3n) is 2.16. The zero-order valence-corrected chi connectivity index (χ0v) is 10.7. The van der Waals surface area contributed by atoms with E-state index in [4.69, 9.17) is 5.26 Å². The van der Waals surface area contributed by atoms with Crippen LogP contribution in [0.15, 0.2) is 18.2 Å². The van der Waals surface area contributed by atoms with Gasteiger partial charge in [-0.2, -0.15) is 5.26 Å². The Labute approximate surface area is 93.7 Å². The molecule has 1 aromatic carbocycles. The molecule has 15 heavy (non-hydrogen) atoms. The van der Waals surface area contributed by atoms with Gasteiger partial charge in [-0.1, -0.05) is 40.7 Å². The molecule has 0 amide bonds. The smallest absolute Gasteiger partial charge is 0.0991 e. The number of hydrogen-bond donors (Lipinski definition) is 0. The minimum Gasteiger partial charge on any atom is -0.192 e. The summed E-state index contributed by atoms with van der Waals surface area (Å²) in [5, 5.41) is 8.71. The van der Waals surface area contributed by atoms with E-state index in [1.807, 2.05) is 32.0 Å². The maximum Gasteiger partial charge on any atom is 0.0991 e. The van der Waals surface area contributed by atoms with Crippen molar-refractivity contribution < 1.29 is 0 Å². The summed E-state index contributed by atoms with van der Waals surface area (Å²) in [6, 6.07) is 8.02. The molecule has 1 aromatic rings. The second-order valence-electron chi connectivity index (χ2n) is 4.39. The van der Waals surface area contributed by atoms with Gasteiger partial charge < -0.3 is 0 Å². The Morgan fingerprint density at radius 2 is 1.67 bits per heavy atom. The molecule has 0 bridgehead atoms. The molecule has 0 unspecified atom stereocenters. The summed E-state index contributed by atoms with van der Waals surface area (Å²) in [6.07, 6.45) is 0. The van der Waals surface area contributed by atoms with Crippen molar-refractivity contribution in [3.8, 4) is 6.07 Å². The maximum atomic E-state index is 8.71. The topological polar surface area (TPSA) is 23.8 Å². The molecule has 0 radical (unpaired) electrons. The average Bonchev–Trinajstić information content (AvgIpc) is 2.18. The molecule has 1 nitrogen and oxygen atoms in total. The summed E-state index contributed by atoms with van der Waals surface area (Å²) in [7, 11) is 0. The lowest BCUT2D eigenvalue weighted by molar-refractivity contribution is 0.586. The van der Waals surface area contributed by atoms with Gasteiger partial charge in [-0.15, -0.1) is 0 Å². The van der Waals surface area contributed by atoms with Crippen molar-refractivity contribution in [2.45, 2.75) is 47.0 Å². The van der Waals surface area contributed by atoms with Crippen molar-refractivity contribution in [1.82, 2.24) is 0 Å². The minimum atomic E-state index is 0.165. The highest BCUT2D eigenvalue weighted by atomic mass is 14.2. The van der Waals surface area contributed by atoms with E-state index in [9.17, 15) is 0 Å². The third kappa shape index (κ3) is 3.75. The fourth-order valence-corrected chi connectivity index (χ4v) is 1.57. The highest BCUT2D eigenvalue weighted by Gasteiger charge is 2.15. The Balaban J connectivity index is 0.000000921. The van der Waals surface area contributed by atoms with Crippen LogP contribution in [0, 0.1) is 18.3 Å². The zero-order chi connectivity index (χ0) is 12.1. The molecule has 0 spiro atoms. The van der Waals surface area contributed by atoms with Crippen LogP contribution in [0.5, 0.6) is 0 Å². The molecule has 0 saturated carbocycles. The SMILES string of the molecule is CC.Cc1cc(C#N)ccc1C(C)(C)C. The van der Waals surface area contributed by atoms with Gasteiger partial charge in [-0.05, 0) is 35.6 Å². The molecule has 0 heterocycles. The molecule has 0 aliphatic carbocycles. The number of benzene rings is 1. The molecular formula is C14H21N. The number of rotatable bonds is 0. The van der Waals surface area contributed by atoms with E-state index >= 15 is 0 Å². The summed E-state index contributed by atoms with van der Waals surface area (Å²) in [4.78, 5) is 0. The lowest BCUT2D eigenvalue weighted by Crippen LogP contribution is -2.12. The molecular weight excluding hydrogens is 182 g/mol. The Morgan fingerprint density at radius 1 is 1.13 bits per heavy atom. The van der Waals surface area contributed by atoms with Gasteiger partial charge >= 0.3 is 0 Å². The second-order valence-corrected chi connectivity index (χ2v) is 4.39. The van der Waals surface area contributed by atoms with E-state index in [2.05, 4.69) is 33.8 Å². The maximum absolute atomic E-state index is 8.71. The van der Waals surface area contributed by atoms with Crippen LogP contribution < -0.4 is 0 Å². The van der Waals surface area contributed by atoms with Gasteiger partial charge in [0.05, 0.1) is 11.6 Å². The van der Waals surface area contributed by atoms with Crippen LogP contribution in [0.4, 0.5) is 0 Å². The highest BCUT2D eigenvalue weighted by Crippen LogP contribution is 2.25. The molecule has 0 N–H and O–H groups in total. The van der Waals surface area contributed by atoms with Crippen molar-refractivity contribution in [3.05, 3.63) is 34.9 Å². The average molecular weight is 203 g/mol. The normalized spacial score (nSPS) is 9.93. The van der Waals surface area contributed by atoms with Crippen LogP contribution in [-0.2, 0) is 5.41 Å². The highest BCUT2D eigenvalue weighted by molar-refractivity contribution is 5.40. The van der Waals surface area contributed by atoms with Gasteiger partial charge in [0, 0.05) is 0 Å². The monoisotopic (exact) mass is 203 g/mol. The summed E-state index contributed by atoms with van der Waals surface area (Å²) in [6.45, 7) is 12.6. The molecule has 0 fully saturated rings. The van der Waals surface area contributed by atoms with Gasteiger partial charge in [0.1, 0.15) is 0 Å². The van der Waals surface area contributed by atoms with E-state index in [1.165, 1.54) is 11.1 Å². The second kappa shape index (κ2) is 5.56. The molecule has 0 aliphatic heterocycles. The van der Waals surface area contributed by atoms with E-state index < -0.39 is 0 Å². The van der Waals surface area contributed by atoms with Crippen molar-refractivity contribution in [1.29, 1.82) is 5.26 Å². The predicted molar refractivity (Wildman–Crippen MR) is 65.9 cm³/mol. The van der Waals surface area contributed by atoms with Crippen molar-refractivity contribution >= 4 is 0 Å². The molecule has 1 rings (SSSR count). The standard InChI is InChI=1S/C12H15N.C2H6/c1-9-7-10(8-13)5-6-11(9)12(2,3)4;1-2/h5-7H,1-4H3;1-2H3. The van der Waals surface area contributed by atoms with E-state index in [1.54, 1.807) is 0 Å². The predicted octanol–water partition coefficient (Wildman–Crippen LogP) is 4.19. The molecule has 0 aromatic heterocycles. The van der Waals surface area contributed by atoms with Gasteiger partial charge in [-0.3, -0.25) is 0 Å². The van der Waals surface area contributed by atoms with Crippen LogP contribution in [0.3, 0.4) is 0 Å². The van der Waals surface area contributed by atoms with Gasteiger partial charge in [-0.25, -0.2) is 0 Å². The number of aryl methyl sites for hydroxylation is 1. The lowest BCUT2D eigenvalue weighted by Gasteiger charge is -2.21. The zero-order valence-electron chi connectivity index (χ0n) is 10.7. The Kier molecular flexibility index (Phi) is 5.08. The number of nitriles is 1. The first-order chi connectivity index (χ1) is 6.95. The van der Waals surface area contributed by atoms with E-state index in [0.29, 0.717) is 0 Å². The fourth-order valence-electron chi connectivity index (χ4n) is 1.57. The van der Waals surface area contributed by atoms with Gasteiger partial charge in [0.25, 0.3) is 0 Å². The van der Waals surface area contributed by atoms with Crippen LogP contribution in [-0.4, -0.2) is 0 Å². The molecule has 0 aliphatic rings. The molecule has 1 heteroatoms. The quantitative estimate of drug-likeness (QED) is 0.620. The van der Waals surface area contributed by atoms with Crippen molar-refractivity contribution in [2.75, 3.05) is 0 Å². The lowest BCUT2D eigenvalue weighted by atomic mass is 9.83. The Hall–Kier alpha value is -1.29. The third-order valence-corrected chi connectivity index (χ3v) is 2.16. The van der Waals surface area contributed by atoms with Crippen molar-refractivity contribution in [3.63, 3.8) is 0 Å².